The Bertz CT molecular complexity index is 1190. The zero-order valence-corrected chi connectivity index (χ0v) is 22.3. The maximum atomic E-state index is 13.9. The number of methoxy groups -OCH3 is 4. The molecule has 0 saturated carbocycles. The number of carbonyl (C=O) groups excluding carboxylic acids is 2. The summed E-state index contributed by atoms with van der Waals surface area (Å²) in [6.07, 6.45) is 7.74. The smallest absolute Gasteiger partial charge is 0.254 e. The molecule has 0 spiro atoms. The number of hydrogen-bond donors (Lipinski definition) is 1. The third-order valence-electron chi connectivity index (χ3n) is 7.34. The van der Waals surface area contributed by atoms with Gasteiger partial charge in [-0.1, -0.05) is 17.7 Å². The predicted molar refractivity (Wildman–Crippen MR) is 141 cm³/mol. The molecular weight excluding hydrogens is 472 g/mol. The number of nitrogens with zero attached hydrogens (tertiary/aromatic N) is 1. The lowest BCUT2D eigenvalue weighted by atomic mass is 9.79. The van der Waals surface area contributed by atoms with Crippen LogP contribution in [0.1, 0.15) is 65.5 Å². The zero-order valence-electron chi connectivity index (χ0n) is 22.3. The number of benzene rings is 2. The van der Waals surface area contributed by atoms with Crippen LogP contribution in [0.5, 0.6) is 23.0 Å². The van der Waals surface area contributed by atoms with Gasteiger partial charge in [0.05, 0.1) is 40.4 Å². The number of carbonyl (C=O) groups is 2. The Hall–Kier alpha value is -3.68. The number of ether oxygens (including phenoxy) is 4. The van der Waals surface area contributed by atoms with Crippen LogP contribution < -0.4 is 24.3 Å². The number of allylic oxidation sites excluding steroid dienone is 1. The lowest BCUT2D eigenvalue weighted by molar-refractivity contribution is -0.124. The first-order valence-corrected chi connectivity index (χ1v) is 12.6. The fraction of sp³-hybridized carbons (Fsp3) is 0.448. The Kier molecular flexibility index (Phi) is 8.26. The lowest BCUT2D eigenvalue weighted by Gasteiger charge is -2.40. The Labute approximate surface area is 218 Å². The van der Waals surface area contributed by atoms with Crippen molar-refractivity contribution in [1.29, 1.82) is 0 Å². The van der Waals surface area contributed by atoms with Gasteiger partial charge in [-0.05, 0) is 67.5 Å². The summed E-state index contributed by atoms with van der Waals surface area (Å²) in [6.45, 7) is 0.542. The van der Waals surface area contributed by atoms with Crippen LogP contribution in [-0.2, 0) is 4.79 Å². The van der Waals surface area contributed by atoms with Gasteiger partial charge in [0.2, 0.25) is 5.91 Å². The molecular formula is C29H36N2O6. The number of likely N-dealkylation sites (N-methyl/N-ethyl adjacent to an activating group) is 1. The molecule has 0 radical (unpaired) electrons. The van der Waals surface area contributed by atoms with Crippen LogP contribution in [0, 0.1) is 0 Å². The number of rotatable bonds is 9. The summed E-state index contributed by atoms with van der Waals surface area (Å²) in [5, 5.41) is 3.15. The monoisotopic (exact) mass is 508 g/mol. The highest BCUT2D eigenvalue weighted by molar-refractivity contribution is 6.02. The van der Waals surface area contributed by atoms with Gasteiger partial charge >= 0.3 is 0 Å². The van der Waals surface area contributed by atoms with Crippen molar-refractivity contribution in [2.45, 2.75) is 44.1 Å². The van der Waals surface area contributed by atoms with Crippen molar-refractivity contribution in [3.8, 4) is 23.0 Å². The quantitative estimate of drug-likeness (QED) is 0.497. The first-order chi connectivity index (χ1) is 17.9. The molecule has 8 heteroatoms. The Morgan fingerprint density at radius 2 is 1.62 bits per heavy atom. The van der Waals surface area contributed by atoms with Gasteiger partial charge in [0.15, 0.2) is 23.0 Å². The van der Waals surface area contributed by atoms with E-state index in [0.29, 0.717) is 40.7 Å². The van der Waals surface area contributed by atoms with Gasteiger partial charge in [-0.25, -0.2) is 0 Å². The van der Waals surface area contributed by atoms with Gasteiger partial charge in [0.25, 0.3) is 5.91 Å². The second kappa shape index (κ2) is 11.6. The molecule has 4 rings (SSSR count). The van der Waals surface area contributed by atoms with Gasteiger partial charge in [-0.15, -0.1) is 0 Å². The molecule has 198 valence electrons. The van der Waals surface area contributed by atoms with E-state index >= 15 is 0 Å². The molecule has 8 nitrogen and oxygen atoms in total. The van der Waals surface area contributed by atoms with Crippen molar-refractivity contribution in [3.63, 3.8) is 0 Å². The molecule has 2 atom stereocenters. The van der Waals surface area contributed by atoms with Crippen molar-refractivity contribution in [1.82, 2.24) is 10.2 Å². The zero-order chi connectivity index (χ0) is 26.5. The SMILES string of the molecule is COc1ccc(C2C(C(=O)NCCC3=CCCCC3)c3cc(OC)c(OC)cc3C(=O)N2C)cc1OC. The van der Waals surface area contributed by atoms with Crippen molar-refractivity contribution < 1.29 is 28.5 Å². The van der Waals surface area contributed by atoms with Gasteiger partial charge in [-0.2, -0.15) is 0 Å². The number of amides is 2. The third-order valence-corrected chi connectivity index (χ3v) is 7.34. The first-order valence-electron chi connectivity index (χ1n) is 12.6. The topological polar surface area (TPSA) is 86.3 Å². The van der Waals surface area contributed by atoms with Crippen molar-refractivity contribution in [2.75, 3.05) is 42.0 Å². The summed E-state index contributed by atoms with van der Waals surface area (Å²) in [5.41, 5.74) is 3.19. The minimum atomic E-state index is -0.670. The van der Waals surface area contributed by atoms with Crippen LogP contribution in [0.3, 0.4) is 0 Å². The molecule has 2 aromatic rings. The molecule has 2 unspecified atom stereocenters. The fourth-order valence-corrected chi connectivity index (χ4v) is 5.37. The van der Waals surface area contributed by atoms with Crippen LogP contribution in [0.4, 0.5) is 0 Å². The largest absolute Gasteiger partial charge is 0.493 e. The fourth-order valence-electron chi connectivity index (χ4n) is 5.37. The van der Waals surface area contributed by atoms with E-state index in [1.54, 1.807) is 51.5 Å². The van der Waals surface area contributed by atoms with Crippen LogP contribution in [-0.4, -0.2) is 58.7 Å². The summed E-state index contributed by atoms with van der Waals surface area (Å²) in [7, 11) is 7.92. The second-order valence-corrected chi connectivity index (χ2v) is 9.40. The minimum absolute atomic E-state index is 0.149. The van der Waals surface area contributed by atoms with E-state index in [4.69, 9.17) is 18.9 Å². The summed E-state index contributed by atoms with van der Waals surface area (Å²) < 4.78 is 21.9. The molecule has 37 heavy (non-hydrogen) atoms. The molecule has 0 aromatic heterocycles. The summed E-state index contributed by atoms with van der Waals surface area (Å²) in [5.74, 6) is 0.991. The highest BCUT2D eigenvalue weighted by atomic mass is 16.5. The third kappa shape index (κ3) is 5.24. The van der Waals surface area contributed by atoms with Crippen molar-refractivity contribution in [2.24, 2.45) is 0 Å². The molecule has 0 fully saturated rings. The maximum Gasteiger partial charge on any atom is 0.254 e. The standard InChI is InChI=1S/C29H36N2O6/c1-31-27(19-11-12-22(34-2)23(15-19)35-3)26(28(32)30-14-13-18-9-7-6-8-10-18)20-16-24(36-4)25(37-5)17-21(20)29(31)33/h9,11-12,15-17,26-27H,6-8,10,13-14H2,1-5H3,(H,30,32). The molecule has 0 bridgehead atoms. The average Bonchev–Trinajstić information content (AvgIpc) is 2.94. The average molecular weight is 509 g/mol. The minimum Gasteiger partial charge on any atom is -0.493 e. The summed E-state index contributed by atoms with van der Waals surface area (Å²) in [4.78, 5) is 29.1. The van der Waals surface area contributed by atoms with E-state index in [9.17, 15) is 9.59 Å². The summed E-state index contributed by atoms with van der Waals surface area (Å²) >= 11 is 0. The number of nitrogens with one attached hydrogen (secondary N) is 1. The Balaban J connectivity index is 1.76. The maximum absolute atomic E-state index is 13.9. The van der Waals surface area contributed by atoms with Crippen LogP contribution in [0.25, 0.3) is 0 Å². The van der Waals surface area contributed by atoms with Gasteiger partial charge in [-0.3, -0.25) is 9.59 Å². The van der Waals surface area contributed by atoms with E-state index in [0.717, 1.165) is 24.8 Å². The molecule has 2 aliphatic rings. The summed E-state index contributed by atoms with van der Waals surface area (Å²) in [6, 6.07) is 8.33. The molecule has 1 aliphatic heterocycles. The molecule has 0 saturated heterocycles. The van der Waals surface area contributed by atoms with Gasteiger partial charge in [0, 0.05) is 19.2 Å². The van der Waals surface area contributed by atoms with Crippen LogP contribution in [0.2, 0.25) is 0 Å². The number of fused-ring (bicyclic) bond motifs is 1. The van der Waals surface area contributed by atoms with E-state index < -0.39 is 12.0 Å². The first kappa shape index (κ1) is 26.4. The highest BCUT2D eigenvalue weighted by Gasteiger charge is 2.43. The van der Waals surface area contributed by atoms with Crippen molar-refractivity contribution >= 4 is 11.8 Å². The van der Waals surface area contributed by atoms with E-state index in [-0.39, 0.29) is 11.8 Å². The Morgan fingerprint density at radius 3 is 2.27 bits per heavy atom. The lowest BCUT2D eigenvalue weighted by Crippen LogP contribution is -2.45. The predicted octanol–water partition coefficient (Wildman–Crippen LogP) is 4.64. The van der Waals surface area contributed by atoms with Crippen LogP contribution in [0.15, 0.2) is 42.0 Å². The molecule has 1 N–H and O–H groups in total. The van der Waals surface area contributed by atoms with Gasteiger partial charge in [0.1, 0.15) is 0 Å². The van der Waals surface area contributed by atoms with Gasteiger partial charge < -0.3 is 29.2 Å². The molecule has 2 amide bonds. The Morgan fingerprint density at radius 1 is 0.946 bits per heavy atom. The van der Waals surface area contributed by atoms with E-state index in [2.05, 4.69) is 11.4 Å². The van der Waals surface area contributed by atoms with E-state index in [1.165, 1.54) is 25.5 Å². The van der Waals surface area contributed by atoms with Crippen molar-refractivity contribution in [3.05, 3.63) is 58.7 Å². The molecule has 1 aliphatic carbocycles. The highest BCUT2D eigenvalue weighted by Crippen LogP contribution is 2.46. The molecule has 1 heterocycles. The number of hydrogen-bond acceptors (Lipinski definition) is 6. The molecule has 2 aromatic carbocycles. The second-order valence-electron chi connectivity index (χ2n) is 9.40. The normalized spacial score (nSPS) is 19.0. The van der Waals surface area contributed by atoms with E-state index in [1.807, 2.05) is 12.1 Å². The van der Waals surface area contributed by atoms with Crippen LogP contribution >= 0.6 is 0 Å².